The molecule has 1 saturated heterocycles. The van der Waals surface area contributed by atoms with Gasteiger partial charge in [0, 0.05) is 13.1 Å². The van der Waals surface area contributed by atoms with Crippen LogP contribution in [-0.4, -0.2) is 37.5 Å². The van der Waals surface area contributed by atoms with Crippen molar-refractivity contribution < 1.29 is 14.2 Å². The smallest absolute Gasteiger partial charge is 0.161 e. The van der Waals surface area contributed by atoms with Crippen molar-refractivity contribution >= 4 is 21.6 Å². The van der Waals surface area contributed by atoms with Gasteiger partial charge in [-0.2, -0.15) is 5.26 Å². The van der Waals surface area contributed by atoms with E-state index in [0.717, 1.165) is 12.8 Å². The first-order chi connectivity index (χ1) is 9.67. The second kappa shape index (κ2) is 7.02. The van der Waals surface area contributed by atoms with E-state index in [4.69, 9.17) is 15.1 Å². The molecule has 108 valence electrons. The SMILES string of the molecule is N#Cc1ccc(N2CCC(OCCO)CC2)c(F)c1Br. The third-order valence-corrected chi connectivity index (χ3v) is 4.19. The summed E-state index contributed by atoms with van der Waals surface area (Å²) in [7, 11) is 0. The summed E-state index contributed by atoms with van der Waals surface area (Å²) in [5.74, 6) is -0.390. The molecule has 4 nitrogen and oxygen atoms in total. The average Bonchev–Trinajstić information content (AvgIpc) is 2.48. The highest BCUT2D eigenvalue weighted by Crippen LogP contribution is 2.31. The van der Waals surface area contributed by atoms with Gasteiger partial charge in [0.05, 0.1) is 35.0 Å². The number of rotatable bonds is 4. The molecule has 1 aromatic rings. The Hall–Kier alpha value is -1.16. The summed E-state index contributed by atoms with van der Waals surface area (Å²) in [5.41, 5.74) is 0.809. The maximum Gasteiger partial charge on any atom is 0.161 e. The zero-order chi connectivity index (χ0) is 14.5. The predicted octanol–water partition coefficient (Wildman–Crippen LogP) is 2.44. The first kappa shape index (κ1) is 15.2. The van der Waals surface area contributed by atoms with Crippen molar-refractivity contribution in [1.29, 1.82) is 5.26 Å². The van der Waals surface area contributed by atoms with Gasteiger partial charge in [0.1, 0.15) is 6.07 Å². The van der Waals surface area contributed by atoms with Crippen LogP contribution in [0.4, 0.5) is 10.1 Å². The fourth-order valence-electron chi connectivity index (χ4n) is 2.35. The third-order valence-electron chi connectivity index (χ3n) is 3.41. The lowest BCUT2D eigenvalue weighted by molar-refractivity contribution is 0.0158. The van der Waals surface area contributed by atoms with Crippen molar-refractivity contribution in [2.75, 3.05) is 31.2 Å². The fourth-order valence-corrected chi connectivity index (χ4v) is 2.78. The van der Waals surface area contributed by atoms with E-state index in [1.54, 1.807) is 12.1 Å². The summed E-state index contributed by atoms with van der Waals surface area (Å²) in [5, 5.41) is 17.6. The molecule has 0 unspecified atom stereocenters. The lowest BCUT2D eigenvalue weighted by Gasteiger charge is -2.33. The highest BCUT2D eigenvalue weighted by atomic mass is 79.9. The molecule has 0 aromatic heterocycles. The molecule has 0 radical (unpaired) electrons. The molecule has 1 aromatic carbocycles. The average molecular weight is 343 g/mol. The predicted molar refractivity (Wildman–Crippen MR) is 77.1 cm³/mol. The highest BCUT2D eigenvalue weighted by molar-refractivity contribution is 9.10. The summed E-state index contributed by atoms with van der Waals surface area (Å²) in [6.45, 7) is 1.77. The molecule has 2 rings (SSSR count). The molecular formula is C14H16BrFN2O2. The Balaban J connectivity index is 2.04. The number of nitriles is 1. The normalized spacial score (nSPS) is 16.2. The molecular weight excluding hydrogens is 327 g/mol. The van der Waals surface area contributed by atoms with E-state index in [0.29, 0.717) is 30.9 Å². The van der Waals surface area contributed by atoms with Gasteiger partial charge >= 0.3 is 0 Å². The zero-order valence-corrected chi connectivity index (χ0v) is 12.6. The van der Waals surface area contributed by atoms with Gasteiger partial charge in [-0.25, -0.2) is 4.39 Å². The minimum absolute atomic E-state index is 0.0252. The lowest BCUT2D eigenvalue weighted by atomic mass is 10.1. The van der Waals surface area contributed by atoms with Crippen molar-refractivity contribution in [3.8, 4) is 6.07 Å². The van der Waals surface area contributed by atoms with Crippen molar-refractivity contribution in [2.45, 2.75) is 18.9 Å². The van der Waals surface area contributed by atoms with Crippen LogP contribution in [0.15, 0.2) is 16.6 Å². The van der Waals surface area contributed by atoms with Crippen LogP contribution in [0.25, 0.3) is 0 Å². The number of piperidine rings is 1. The number of ether oxygens (including phenoxy) is 1. The molecule has 0 spiro atoms. The summed E-state index contributed by atoms with van der Waals surface area (Å²) in [6, 6.07) is 5.22. The van der Waals surface area contributed by atoms with Crippen molar-refractivity contribution in [1.82, 2.24) is 0 Å². The molecule has 0 bridgehead atoms. The van der Waals surface area contributed by atoms with Crippen LogP contribution in [0.1, 0.15) is 18.4 Å². The van der Waals surface area contributed by atoms with Crippen molar-refractivity contribution in [3.05, 3.63) is 28.0 Å². The minimum Gasteiger partial charge on any atom is -0.394 e. The number of halogens is 2. The number of anilines is 1. The van der Waals surface area contributed by atoms with Crippen LogP contribution in [0, 0.1) is 17.1 Å². The first-order valence-electron chi connectivity index (χ1n) is 6.53. The number of aliphatic hydroxyl groups is 1. The van der Waals surface area contributed by atoms with Gasteiger partial charge < -0.3 is 14.7 Å². The Kier molecular flexibility index (Phi) is 5.35. The van der Waals surface area contributed by atoms with E-state index in [1.165, 1.54) is 0 Å². The van der Waals surface area contributed by atoms with Gasteiger partial charge in [0.15, 0.2) is 5.82 Å². The number of hydrogen-bond donors (Lipinski definition) is 1. The van der Waals surface area contributed by atoms with Crippen LogP contribution in [0.3, 0.4) is 0 Å². The van der Waals surface area contributed by atoms with Crippen LogP contribution >= 0.6 is 15.9 Å². The van der Waals surface area contributed by atoms with E-state index in [-0.39, 0.29) is 17.2 Å². The third kappa shape index (κ3) is 3.29. The van der Waals surface area contributed by atoms with Gasteiger partial charge in [-0.1, -0.05) is 0 Å². The minimum atomic E-state index is -0.390. The van der Waals surface area contributed by atoms with Gasteiger partial charge in [0.2, 0.25) is 0 Å². The maximum absolute atomic E-state index is 14.2. The fraction of sp³-hybridized carbons (Fsp3) is 0.500. The molecule has 20 heavy (non-hydrogen) atoms. The first-order valence-corrected chi connectivity index (χ1v) is 7.32. The molecule has 1 aliphatic heterocycles. The molecule has 6 heteroatoms. The van der Waals surface area contributed by atoms with Gasteiger partial charge in [-0.05, 0) is 40.9 Å². The number of hydrogen-bond acceptors (Lipinski definition) is 4. The van der Waals surface area contributed by atoms with Gasteiger partial charge in [-0.3, -0.25) is 0 Å². The standard InChI is InChI=1S/C14H16BrFN2O2/c15-13-10(9-17)1-2-12(14(13)16)18-5-3-11(4-6-18)20-8-7-19/h1-2,11,19H,3-8H2. The molecule has 0 amide bonds. The van der Waals surface area contributed by atoms with Gasteiger partial charge in [-0.15, -0.1) is 0 Å². The quantitative estimate of drug-likeness (QED) is 0.912. The van der Waals surface area contributed by atoms with E-state index >= 15 is 0 Å². The summed E-state index contributed by atoms with van der Waals surface area (Å²) >= 11 is 3.13. The molecule has 1 aliphatic rings. The van der Waals surface area contributed by atoms with Crippen LogP contribution in [0.5, 0.6) is 0 Å². The van der Waals surface area contributed by atoms with E-state index < -0.39 is 5.82 Å². The number of nitrogens with zero attached hydrogens (tertiary/aromatic N) is 2. The van der Waals surface area contributed by atoms with E-state index in [1.807, 2.05) is 11.0 Å². The zero-order valence-electron chi connectivity index (χ0n) is 11.0. The summed E-state index contributed by atoms with van der Waals surface area (Å²) < 4.78 is 19.9. The van der Waals surface area contributed by atoms with Crippen LogP contribution in [-0.2, 0) is 4.74 Å². The topological polar surface area (TPSA) is 56.5 Å². The Labute approximate surface area is 125 Å². The monoisotopic (exact) mass is 342 g/mol. The molecule has 1 N–H and O–H groups in total. The molecule has 0 saturated carbocycles. The lowest BCUT2D eigenvalue weighted by Crippen LogP contribution is -2.37. The maximum atomic E-state index is 14.2. The number of benzene rings is 1. The Bertz CT molecular complexity index is 511. The highest BCUT2D eigenvalue weighted by Gasteiger charge is 2.23. The van der Waals surface area contributed by atoms with Crippen LogP contribution in [0.2, 0.25) is 0 Å². The second-order valence-corrected chi connectivity index (χ2v) is 5.45. The van der Waals surface area contributed by atoms with E-state index in [2.05, 4.69) is 15.9 Å². The molecule has 1 fully saturated rings. The van der Waals surface area contributed by atoms with E-state index in [9.17, 15) is 4.39 Å². The van der Waals surface area contributed by atoms with Crippen molar-refractivity contribution in [3.63, 3.8) is 0 Å². The number of aliphatic hydroxyl groups excluding tert-OH is 1. The molecule has 0 atom stereocenters. The largest absolute Gasteiger partial charge is 0.394 e. The second-order valence-electron chi connectivity index (χ2n) is 4.65. The molecule has 0 aliphatic carbocycles. The molecule has 1 heterocycles. The Morgan fingerprint density at radius 1 is 1.45 bits per heavy atom. The Morgan fingerprint density at radius 2 is 2.15 bits per heavy atom. The van der Waals surface area contributed by atoms with Crippen LogP contribution < -0.4 is 4.90 Å². The summed E-state index contributed by atoms with van der Waals surface area (Å²) in [4.78, 5) is 1.96. The summed E-state index contributed by atoms with van der Waals surface area (Å²) in [6.07, 6.45) is 1.73. The van der Waals surface area contributed by atoms with Crippen molar-refractivity contribution in [2.24, 2.45) is 0 Å². The van der Waals surface area contributed by atoms with Gasteiger partial charge in [0.25, 0.3) is 0 Å². The Morgan fingerprint density at radius 3 is 2.75 bits per heavy atom.